The lowest BCUT2D eigenvalue weighted by atomic mass is 9.81. The number of anilines is 1. The van der Waals surface area contributed by atoms with Crippen LogP contribution in [0.1, 0.15) is 38.3 Å². The van der Waals surface area contributed by atoms with Crippen LogP contribution in [0.3, 0.4) is 0 Å². The number of para-hydroxylation sites is 1. The molecule has 2 aromatic rings. The predicted molar refractivity (Wildman–Crippen MR) is 89.8 cm³/mol. The molecule has 2 atom stereocenters. The molecule has 0 saturated carbocycles. The van der Waals surface area contributed by atoms with Crippen molar-refractivity contribution in [3.8, 4) is 5.75 Å². The molecule has 0 amide bonds. The van der Waals surface area contributed by atoms with Crippen molar-refractivity contribution >= 4 is 11.7 Å². The molecule has 0 saturated heterocycles. The Hall–Kier alpha value is -2.63. The number of benzene rings is 1. The van der Waals surface area contributed by atoms with Crippen LogP contribution >= 0.6 is 0 Å². The largest absolute Gasteiger partial charge is 0.494 e. The van der Waals surface area contributed by atoms with Crippen molar-refractivity contribution in [3.63, 3.8) is 0 Å². The summed E-state index contributed by atoms with van der Waals surface area (Å²) in [4.78, 5) is 17.1. The van der Waals surface area contributed by atoms with Crippen molar-refractivity contribution in [2.24, 2.45) is 5.92 Å². The average molecular weight is 324 g/mol. The van der Waals surface area contributed by atoms with Gasteiger partial charge in [-0.05, 0) is 25.3 Å². The third-order valence-corrected chi connectivity index (χ3v) is 4.58. The van der Waals surface area contributed by atoms with Crippen molar-refractivity contribution < 1.29 is 9.53 Å². The van der Waals surface area contributed by atoms with Gasteiger partial charge in [0.2, 0.25) is 5.95 Å². The number of fused-ring (bicyclic) bond motifs is 1. The number of hydrogen-bond donors (Lipinski definition) is 1. The van der Waals surface area contributed by atoms with E-state index >= 15 is 0 Å². The molecule has 4 rings (SSSR count). The molecule has 24 heavy (non-hydrogen) atoms. The van der Waals surface area contributed by atoms with E-state index in [4.69, 9.17) is 4.74 Å². The number of rotatable bonds is 3. The highest BCUT2D eigenvalue weighted by molar-refractivity contribution is 5.99. The minimum absolute atomic E-state index is 0.175. The Labute approximate surface area is 140 Å². The first-order valence-electron chi connectivity index (χ1n) is 8.33. The lowest BCUT2D eigenvalue weighted by Gasteiger charge is -2.34. The molecule has 1 N–H and O–H groups in total. The molecule has 6 nitrogen and oxygen atoms in total. The molecule has 0 unspecified atom stereocenters. The van der Waals surface area contributed by atoms with Gasteiger partial charge in [-0.3, -0.25) is 4.79 Å². The van der Waals surface area contributed by atoms with Crippen LogP contribution in [0.2, 0.25) is 0 Å². The van der Waals surface area contributed by atoms with Crippen molar-refractivity contribution in [3.05, 3.63) is 47.4 Å². The second-order valence-electron chi connectivity index (χ2n) is 6.36. The molecule has 1 aromatic carbocycles. The number of allylic oxidation sites excluding steroid dienone is 2. The maximum absolute atomic E-state index is 12.8. The van der Waals surface area contributed by atoms with Gasteiger partial charge in [0.05, 0.1) is 6.61 Å². The van der Waals surface area contributed by atoms with Gasteiger partial charge in [-0.2, -0.15) is 10.1 Å². The van der Waals surface area contributed by atoms with E-state index in [0.29, 0.717) is 24.9 Å². The normalized spacial score (nSPS) is 22.7. The van der Waals surface area contributed by atoms with E-state index in [1.54, 1.807) is 4.68 Å². The Morgan fingerprint density at radius 3 is 3.00 bits per heavy atom. The van der Waals surface area contributed by atoms with Crippen molar-refractivity contribution in [2.45, 2.75) is 32.7 Å². The summed E-state index contributed by atoms with van der Waals surface area (Å²) in [6, 6.07) is 7.56. The molecule has 0 bridgehead atoms. The molecule has 124 valence electrons. The summed E-state index contributed by atoms with van der Waals surface area (Å²) < 4.78 is 7.58. The number of carbonyl (C=O) groups is 1. The van der Waals surface area contributed by atoms with E-state index in [1.165, 1.54) is 6.33 Å². The lowest BCUT2D eigenvalue weighted by Crippen LogP contribution is -2.33. The number of carbonyl (C=O) groups excluding carboxylic acids is 1. The van der Waals surface area contributed by atoms with E-state index in [2.05, 4.69) is 22.3 Å². The smallest absolute Gasteiger partial charge is 0.226 e. The van der Waals surface area contributed by atoms with E-state index in [-0.39, 0.29) is 11.8 Å². The van der Waals surface area contributed by atoms with Crippen LogP contribution in [0, 0.1) is 5.92 Å². The summed E-state index contributed by atoms with van der Waals surface area (Å²) in [5.41, 5.74) is 2.71. The maximum Gasteiger partial charge on any atom is 0.226 e. The second-order valence-corrected chi connectivity index (χ2v) is 6.36. The zero-order valence-electron chi connectivity index (χ0n) is 13.8. The number of Topliss-reactive ketones (excluding diaryl/α,β-unsaturated/α-hetero) is 1. The SMILES string of the molecule is CCOc1ccccc1[C@@H]1C2=C(C[C@@H](C)CC2=O)Nc2ncnn21. The highest BCUT2D eigenvalue weighted by Crippen LogP contribution is 2.43. The van der Waals surface area contributed by atoms with Crippen LogP contribution < -0.4 is 10.1 Å². The second kappa shape index (κ2) is 5.78. The number of hydrogen-bond acceptors (Lipinski definition) is 5. The molecule has 2 heterocycles. The monoisotopic (exact) mass is 324 g/mol. The zero-order valence-corrected chi connectivity index (χ0v) is 13.8. The van der Waals surface area contributed by atoms with Crippen LogP contribution in [-0.2, 0) is 4.79 Å². The number of ketones is 1. The number of aromatic nitrogens is 3. The quantitative estimate of drug-likeness (QED) is 0.940. The van der Waals surface area contributed by atoms with Crippen LogP contribution in [-0.4, -0.2) is 27.2 Å². The van der Waals surface area contributed by atoms with Crippen LogP contribution in [0.15, 0.2) is 41.9 Å². The molecule has 0 spiro atoms. The summed E-state index contributed by atoms with van der Waals surface area (Å²) >= 11 is 0. The van der Waals surface area contributed by atoms with E-state index < -0.39 is 0 Å². The fourth-order valence-electron chi connectivity index (χ4n) is 3.63. The Bertz CT molecular complexity index is 824. The topological polar surface area (TPSA) is 69.0 Å². The zero-order chi connectivity index (χ0) is 16.7. The Morgan fingerprint density at radius 1 is 1.33 bits per heavy atom. The van der Waals surface area contributed by atoms with Gasteiger partial charge >= 0.3 is 0 Å². The lowest BCUT2D eigenvalue weighted by molar-refractivity contribution is -0.117. The fourth-order valence-corrected chi connectivity index (χ4v) is 3.63. The third kappa shape index (κ3) is 2.29. The van der Waals surface area contributed by atoms with Crippen LogP contribution in [0.25, 0.3) is 0 Å². The van der Waals surface area contributed by atoms with Crippen molar-refractivity contribution in [1.82, 2.24) is 14.8 Å². The third-order valence-electron chi connectivity index (χ3n) is 4.58. The van der Waals surface area contributed by atoms with Gasteiger partial charge in [-0.15, -0.1) is 0 Å². The van der Waals surface area contributed by atoms with Crippen LogP contribution in [0.4, 0.5) is 5.95 Å². The Morgan fingerprint density at radius 2 is 2.17 bits per heavy atom. The van der Waals surface area contributed by atoms with E-state index in [1.807, 2.05) is 31.2 Å². The van der Waals surface area contributed by atoms with Gasteiger partial charge < -0.3 is 10.1 Å². The highest BCUT2D eigenvalue weighted by Gasteiger charge is 2.38. The summed E-state index contributed by atoms with van der Waals surface area (Å²) in [7, 11) is 0. The standard InChI is InChI=1S/C18H20N4O2/c1-3-24-15-7-5-4-6-12(15)17-16-13(8-11(2)9-14(16)23)21-18-19-10-20-22(17)18/h4-7,10-11,17H,3,8-9H2,1-2H3,(H,19,20,21)/t11-,17-/m1/s1. The van der Waals surface area contributed by atoms with Gasteiger partial charge in [0, 0.05) is 23.3 Å². The molecule has 0 radical (unpaired) electrons. The molecule has 1 aliphatic carbocycles. The van der Waals surface area contributed by atoms with Gasteiger partial charge in [-0.1, -0.05) is 25.1 Å². The van der Waals surface area contributed by atoms with E-state index in [9.17, 15) is 4.79 Å². The molecule has 6 heteroatoms. The predicted octanol–water partition coefficient (Wildman–Crippen LogP) is 2.94. The Kier molecular flexibility index (Phi) is 3.59. The van der Waals surface area contributed by atoms with Gasteiger partial charge in [0.25, 0.3) is 0 Å². The summed E-state index contributed by atoms with van der Waals surface area (Å²) in [6.07, 6.45) is 2.93. The molecule has 2 aliphatic rings. The van der Waals surface area contributed by atoms with Gasteiger partial charge in [0.1, 0.15) is 18.1 Å². The van der Waals surface area contributed by atoms with E-state index in [0.717, 1.165) is 29.0 Å². The Balaban J connectivity index is 1.91. The number of ether oxygens (including phenoxy) is 1. The van der Waals surface area contributed by atoms with Crippen molar-refractivity contribution in [1.29, 1.82) is 0 Å². The van der Waals surface area contributed by atoms with Crippen LogP contribution in [0.5, 0.6) is 5.75 Å². The summed E-state index contributed by atoms with van der Waals surface area (Å²) in [5, 5.41) is 7.66. The minimum atomic E-state index is -0.290. The van der Waals surface area contributed by atoms with Gasteiger partial charge in [0.15, 0.2) is 5.78 Å². The van der Waals surface area contributed by atoms with Gasteiger partial charge in [-0.25, -0.2) is 4.68 Å². The first kappa shape index (κ1) is 14.9. The number of nitrogens with one attached hydrogen (secondary N) is 1. The minimum Gasteiger partial charge on any atom is -0.494 e. The summed E-state index contributed by atoms with van der Waals surface area (Å²) in [5.74, 6) is 1.97. The number of nitrogens with zero attached hydrogens (tertiary/aromatic N) is 3. The fraction of sp³-hybridized carbons (Fsp3) is 0.389. The molecule has 1 aromatic heterocycles. The molecular formula is C18H20N4O2. The first-order chi connectivity index (χ1) is 11.7. The maximum atomic E-state index is 12.8. The van der Waals surface area contributed by atoms with Crippen molar-refractivity contribution in [2.75, 3.05) is 11.9 Å². The average Bonchev–Trinajstić information content (AvgIpc) is 3.01. The highest BCUT2D eigenvalue weighted by atomic mass is 16.5. The molecular weight excluding hydrogens is 304 g/mol. The molecule has 0 fully saturated rings. The first-order valence-corrected chi connectivity index (χ1v) is 8.33. The molecule has 1 aliphatic heterocycles. The summed E-state index contributed by atoms with van der Waals surface area (Å²) in [6.45, 7) is 4.63.